The van der Waals surface area contributed by atoms with Gasteiger partial charge in [0.2, 0.25) is 0 Å². The van der Waals surface area contributed by atoms with E-state index in [4.69, 9.17) is 18.3 Å². The van der Waals surface area contributed by atoms with Crippen molar-refractivity contribution in [3.8, 4) is 0 Å². The van der Waals surface area contributed by atoms with Crippen molar-refractivity contribution in [3.05, 3.63) is 11.5 Å². The van der Waals surface area contributed by atoms with E-state index in [0.717, 1.165) is 0 Å². The van der Waals surface area contributed by atoms with Gasteiger partial charge in [-0.15, -0.1) is 0 Å². The Bertz CT molecular complexity index is 292. The van der Waals surface area contributed by atoms with Gasteiger partial charge in [0.05, 0.1) is 13.2 Å². The number of rotatable bonds is 6. The summed E-state index contributed by atoms with van der Waals surface area (Å²) >= 11 is 6.92. The summed E-state index contributed by atoms with van der Waals surface area (Å²) in [6.45, 7) is 4.05. The van der Waals surface area contributed by atoms with Gasteiger partial charge in [0.1, 0.15) is 0 Å². The molecule has 0 aliphatic rings. The topological polar surface area (TPSA) is 134 Å². The Balaban J connectivity index is -0.000000260. The summed E-state index contributed by atoms with van der Waals surface area (Å²) in [6.07, 6.45) is 0. The number of carbonyl (C=O) groups is 2. The van der Waals surface area contributed by atoms with Crippen molar-refractivity contribution in [2.24, 2.45) is 0 Å². The molecule has 0 aromatic heterocycles. The molecule has 21 heavy (non-hydrogen) atoms. The molecule has 2 unspecified atom stereocenters. The van der Waals surface area contributed by atoms with Gasteiger partial charge in [-0.1, -0.05) is 12.1 Å². The third-order valence-corrected chi connectivity index (χ3v) is 2.14. The predicted octanol–water partition coefficient (Wildman–Crippen LogP) is 0.794. The van der Waals surface area contributed by atoms with Crippen LogP contribution in [0.1, 0.15) is 13.8 Å². The van der Waals surface area contributed by atoms with E-state index in [1.165, 1.54) is 0 Å². The molecular formula is C10H18MoN2O6S2-4. The van der Waals surface area contributed by atoms with E-state index in [0.29, 0.717) is 13.2 Å². The SMILES string of the molecule is CCOC(=O)C([NH-])C[S-].CCOC(=O)C([NH-])C[S-].[O]=[Mo]=[O]. The van der Waals surface area contributed by atoms with Crippen LogP contribution in [0, 0.1) is 0 Å². The van der Waals surface area contributed by atoms with Gasteiger partial charge in [-0.2, -0.15) is 11.5 Å². The molecule has 11 heteroatoms. The van der Waals surface area contributed by atoms with E-state index >= 15 is 0 Å². The first-order chi connectivity index (χ1) is 9.85. The molecule has 0 rings (SSSR count). The molecule has 2 atom stereocenters. The van der Waals surface area contributed by atoms with Gasteiger partial charge < -0.3 is 46.2 Å². The maximum absolute atomic E-state index is 10.5. The summed E-state index contributed by atoms with van der Waals surface area (Å²) < 4.78 is 26.0. The van der Waals surface area contributed by atoms with Crippen molar-refractivity contribution >= 4 is 37.2 Å². The zero-order chi connectivity index (χ0) is 17.3. The Morgan fingerprint density at radius 1 is 0.952 bits per heavy atom. The summed E-state index contributed by atoms with van der Waals surface area (Å²) in [6, 6.07) is -1.75. The standard InChI is InChI=1S/2C5H10NO2S.Mo.2O/c2*1-2-8-5(7)4(6)3-9;;;/h2*4,6,9H,2-3H2,1H3;;;/q2*-1;;;/p-2. The number of hydrogen-bond donors (Lipinski definition) is 0. The fraction of sp³-hybridized carbons (Fsp3) is 0.800. The van der Waals surface area contributed by atoms with Crippen LogP contribution in [0.15, 0.2) is 0 Å². The Hall–Kier alpha value is -0.152. The number of nitrogens with one attached hydrogen (secondary N) is 2. The monoisotopic (exact) mass is 424 g/mol. The van der Waals surface area contributed by atoms with E-state index in [1.54, 1.807) is 13.8 Å². The third kappa shape index (κ3) is 19.8. The second-order valence-corrected chi connectivity index (χ2v) is 4.01. The van der Waals surface area contributed by atoms with Gasteiger partial charge in [-0.3, -0.25) is 9.59 Å². The summed E-state index contributed by atoms with van der Waals surface area (Å²) in [5.41, 5.74) is 13.9. The first-order valence-corrected chi connectivity index (χ1v) is 8.48. The molecule has 0 spiro atoms. The molecule has 0 bridgehead atoms. The number of esters is 2. The van der Waals surface area contributed by atoms with Gasteiger partial charge in [0.15, 0.2) is 0 Å². The van der Waals surface area contributed by atoms with Crippen LogP contribution >= 0.6 is 0 Å². The molecule has 0 saturated heterocycles. The molecule has 0 radical (unpaired) electrons. The van der Waals surface area contributed by atoms with Gasteiger partial charge in [0.25, 0.3) is 11.9 Å². The molecule has 0 aromatic carbocycles. The maximum atomic E-state index is 10.5. The predicted molar refractivity (Wildman–Crippen MR) is 75.3 cm³/mol. The first kappa shape index (κ1) is 25.8. The van der Waals surface area contributed by atoms with Crippen molar-refractivity contribution in [3.63, 3.8) is 0 Å². The van der Waals surface area contributed by atoms with Crippen LogP contribution in [0.25, 0.3) is 11.5 Å². The van der Waals surface area contributed by atoms with Crippen LogP contribution < -0.4 is 0 Å². The summed E-state index contributed by atoms with van der Waals surface area (Å²) in [5, 5.41) is 0. The molecule has 0 amide bonds. The zero-order valence-electron chi connectivity index (χ0n) is 11.7. The van der Waals surface area contributed by atoms with E-state index in [2.05, 4.69) is 34.7 Å². The van der Waals surface area contributed by atoms with E-state index in [9.17, 15) is 9.59 Å². The van der Waals surface area contributed by atoms with Gasteiger partial charge >= 0.3 is 25.3 Å². The molecule has 126 valence electrons. The quantitative estimate of drug-likeness (QED) is 0.348. The Morgan fingerprint density at radius 3 is 1.33 bits per heavy atom. The minimum absolute atomic E-state index is 0.110. The fourth-order valence-corrected chi connectivity index (χ4v) is 0.894. The Labute approximate surface area is 143 Å². The van der Waals surface area contributed by atoms with Crippen LogP contribution in [-0.4, -0.2) is 48.7 Å². The summed E-state index contributed by atoms with van der Waals surface area (Å²) in [5.74, 6) is -0.822. The average Bonchev–Trinajstić information content (AvgIpc) is 2.47. The van der Waals surface area contributed by atoms with E-state index in [1.807, 2.05) is 0 Å². The molecule has 0 fully saturated rings. The number of carbonyl (C=O) groups excluding carboxylic acids is 2. The van der Waals surface area contributed by atoms with Crippen molar-refractivity contribution in [2.45, 2.75) is 25.9 Å². The second kappa shape index (κ2) is 19.8. The molecular weight excluding hydrogens is 404 g/mol. The van der Waals surface area contributed by atoms with E-state index in [-0.39, 0.29) is 11.5 Å². The molecule has 0 heterocycles. The average molecular weight is 422 g/mol. The van der Waals surface area contributed by atoms with Crippen molar-refractivity contribution < 1.29 is 44.3 Å². The third-order valence-electron chi connectivity index (χ3n) is 1.48. The molecule has 0 aliphatic heterocycles. The van der Waals surface area contributed by atoms with Crippen LogP contribution in [0.4, 0.5) is 0 Å². The van der Waals surface area contributed by atoms with Crippen molar-refractivity contribution in [1.82, 2.24) is 0 Å². The normalized spacial score (nSPS) is 11.5. The van der Waals surface area contributed by atoms with Crippen molar-refractivity contribution in [2.75, 3.05) is 24.7 Å². The zero-order valence-corrected chi connectivity index (χ0v) is 15.3. The van der Waals surface area contributed by atoms with Gasteiger partial charge in [-0.05, 0) is 13.8 Å². The molecule has 0 aromatic rings. The summed E-state index contributed by atoms with van der Waals surface area (Å²) in [4.78, 5) is 21.0. The van der Waals surface area contributed by atoms with E-state index < -0.39 is 42.5 Å². The van der Waals surface area contributed by atoms with Gasteiger partial charge in [0, 0.05) is 0 Å². The molecule has 2 N–H and O–H groups in total. The van der Waals surface area contributed by atoms with Crippen LogP contribution in [-0.2, 0) is 69.6 Å². The summed E-state index contributed by atoms with van der Waals surface area (Å²) in [7, 11) is 0. The van der Waals surface area contributed by atoms with Gasteiger partial charge in [-0.25, -0.2) is 0 Å². The Kier molecular flexibility index (Phi) is 24.4. The molecule has 0 aliphatic carbocycles. The van der Waals surface area contributed by atoms with Crippen LogP contribution in [0.2, 0.25) is 0 Å². The number of hydrogen-bond acceptors (Lipinski definition) is 8. The number of ether oxygens (including phenoxy) is 2. The fourth-order valence-electron chi connectivity index (χ4n) is 0.622. The van der Waals surface area contributed by atoms with Crippen molar-refractivity contribution in [1.29, 1.82) is 0 Å². The van der Waals surface area contributed by atoms with Crippen LogP contribution in [0.5, 0.6) is 0 Å². The molecule has 8 nitrogen and oxygen atoms in total. The van der Waals surface area contributed by atoms with Crippen LogP contribution in [0.3, 0.4) is 0 Å². The minimum atomic E-state index is -2.03. The molecule has 0 saturated carbocycles. The second-order valence-electron chi connectivity index (χ2n) is 3.01. The Morgan fingerprint density at radius 2 is 1.19 bits per heavy atom. The first-order valence-electron chi connectivity index (χ1n) is 5.69.